The zero-order chi connectivity index (χ0) is 19.6. The lowest BCUT2D eigenvalue weighted by Crippen LogP contribution is -2.41. The number of carbonyl (C=O) groups excluding carboxylic acids is 2. The first-order valence-corrected chi connectivity index (χ1v) is 8.46. The number of guanidine groups is 1. The summed E-state index contributed by atoms with van der Waals surface area (Å²) in [5.41, 5.74) is 12.9. The van der Waals surface area contributed by atoms with Gasteiger partial charge in [-0.25, -0.2) is 9.38 Å². The van der Waals surface area contributed by atoms with Crippen molar-refractivity contribution in [1.82, 2.24) is 5.32 Å². The van der Waals surface area contributed by atoms with Crippen LogP contribution < -0.4 is 22.1 Å². The molecule has 2 aromatic carbocycles. The molecule has 2 amide bonds. The highest BCUT2D eigenvalue weighted by atomic mass is 35.5. The quantitative estimate of drug-likeness (QED) is 0.360. The maximum atomic E-state index is 13.5. The van der Waals surface area contributed by atoms with Crippen LogP contribution in [0.4, 0.5) is 10.1 Å². The standard InChI is InChI=1S/C18H17ClFN5O2/c19-12-6-5-10(8-13(12)20)23-16(26)17(27)25-15-11-4-2-1-3-9(11)7-14(15)24-18(21)22/h1-6,8,14-15H,7H2,(H,23,26)(H,25,27)(H4,21,22,24)/t14-,15-/m1/s1. The van der Waals surface area contributed by atoms with Gasteiger partial charge in [0.2, 0.25) is 0 Å². The van der Waals surface area contributed by atoms with Crippen LogP contribution in [0.25, 0.3) is 0 Å². The summed E-state index contributed by atoms with van der Waals surface area (Å²) < 4.78 is 13.5. The van der Waals surface area contributed by atoms with Crippen LogP contribution in [-0.2, 0) is 16.0 Å². The third kappa shape index (κ3) is 4.17. The van der Waals surface area contributed by atoms with Gasteiger partial charge in [0.05, 0.1) is 17.1 Å². The Balaban J connectivity index is 1.75. The molecule has 0 fully saturated rings. The van der Waals surface area contributed by atoms with Gasteiger partial charge in [-0.15, -0.1) is 0 Å². The van der Waals surface area contributed by atoms with Crippen LogP contribution in [0, 0.1) is 5.82 Å². The molecule has 140 valence electrons. The number of amides is 2. The minimum atomic E-state index is -0.940. The molecule has 2 atom stereocenters. The maximum Gasteiger partial charge on any atom is 0.313 e. The molecule has 1 aliphatic carbocycles. The predicted molar refractivity (Wildman–Crippen MR) is 101 cm³/mol. The van der Waals surface area contributed by atoms with Gasteiger partial charge < -0.3 is 22.1 Å². The van der Waals surface area contributed by atoms with Gasteiger partial charge in [0.25, 0.3) is 0 Å². The van der Waals surface area contributed by atoms with Gasteiger partial charge >= 0.3 is 11.8 Å². The van der Waals surface area contributed by atoms with Crippen LogP contribution >= 0.6 is 11.6 Å². The van der Waals surface area contributed by atoms with Crippen molar-refractivity contribution in [2.45, 2.75) is 18.5 Å². The van der Waals surface area contributed by atoms with Crippen molar-refractivity contribution in [2.75, 3.05) is 5.32 Å². The number of anilines is 1. The highest BCUT2D eigenvalue weighted by molar-refractivity contribution is 6.39. The minimum absolute atomic E-state index is 0.0833. The van der Waals surface area contributed by atoms with Crippen LogP contribution in [0.3, 0.4) is 0 Å². The largest absolute Gasteiger partial charge is 0.370 e. The Hall–Kier alpha value is -3.13. The summed E-state index contributed by atoms with van der Waals surface area (Å²) in [5.74, 6) is -2.63. The van der Waals surface area contributed by atoms with Crippen LogP contribution in [0.5, 0.6) is 0 Å². The second kappa shape index (κ2) is 7.63. The molecule has 0 saturated carbocycles. The summed E-state index contributed by atoms with van der Waals surface area (Å²) in [6.07, 6.45) is 0.531. The topological polar surface area (TPSA) is 123 Å². The summed E-state index contributed by atoms with van der Waals surface area (Å²) >= 11 is 5.60. The van der Waals surface area contributed by atoms with E-state index in [2.05, 4.69) is 15.6 Å². The lowest BCUT2D eigenvalue weighted by Gasteiger charge is -2.19. The van der Waals surface area contributed by atoms with E-state index in [4.69, 9.17) is 23.1 Å². The van der Waals surface area contributed by atoms with Crippen LogP contribution in [0.15, 0.2) is 47.5 Å². The number of nitrogens with two attached hydrogens (primary N) is 2. The Morgan fingerprint density at radius 1 is 1.15 bits per heavy atom. The number of nitrogens with one attached hydrogen (secondary N) is 2. The van der Waals surface area contributed by atoms with Crippen molar-refractivity contribution >= 4 is 35.1 Å². The molecule has 7 nitrogen and oxygen atoms in total. The molecule has 2 aromatic rings. The minimum Gasteiger partial charge on any atom is -0.370 e. The summed E-state index contributed by atoms with van der Waals surface area (Å²) in [5, 5.41) is 4.89. The van der Waals surface area contributed by atoms with Gasteiger partial charge in [0.1, 0.15) is 5.82 Å². The molecular formula is C18H17ClFN5O2. The molecule has 0 heterocycles. The number of fused-ring (bicyclic) bond motifs is 1. The van der Waals surface area contributed by atoms with Crippen molar-refractivity contribution in [3.63, 3.8) is 0 Å². The number of hydrogen-bond donors (Lipinski definition) is 4. The first kappa shape index (κ1) is 18.7. The Morgan fingerprint density at radius 3 is 2.59 bits per heavy atom. The molecule has 0 aliphatic heterocycles. The molecule has 27 heavy (non-hydrogen) atoms. The molecule has 0 unspecified atom stereocenters. The zero-order valence-electron chi connectivity index (χ0n) is 14.1. The van der Waals surface area contributed by atoms with E-state index in [1.165, 1.54) is 12.1 Å². The first-order valence-electron chi connectivity index (χ1n) is 8.08. The molecule has 0 aromatic heterocycles. The Kier molecular flexibility index (Phi) is 5.27. The van der Waals surface area contributed by atoms with E-state index in [-0.39, 0.29) is 16.7 Å². The van der Waals surface area contributed by atoms with E-state index in [0.29, 0.717) is 6.42 Å². The Morgan fingerprint density at radius 2 is 1.89 bits per heavy atom. The van der Waals surface area contributed by atoms with E-state index in [9.17, 15) is 14.0 Å². The number of hydrogen-bond acceptors (Lipinski definition) is 3. The number of nitrogens with zero attached hydrogens (tertiary/aromatic N) is 1. The van der Waals surface area contributed by atoms with Crippen molar-refractivity contribution in [2.24, 2.45) is 16.5 Å². The SMILES string of the molecule is NC(N)=N[C@@H]1Cc2ccccc2[C@H]1NC(=O)C(=O)Nc1ccc(Cl)c(F)c1. The van der Waals surface area contributed by atoms with E-state index in [0.717, 1.165) is 17.2 Å². The summed E-state index contributed by atoms with van der Waals surface area (Å²) in [4.78, 5) is 28.7. The molecular weight excluding hydrogens is 373 g/mol. The van der Waals surface area contributed by atoms with Crippen LogP contribution in [-0.4, -0.2) is 23.8 Å². The average molecular weight is 390 g/mol. The average Bonchev–Trinajstić information content (AvgIpc) is 2.94. The number of carbonyl (C=O) groups is 2. The third-order valence-electron chi connectivity index (χ3n) is 4.19. The third-order valence-corrected chi connectivity index (χ3v) is 4.50. The molecule has 0 radical (unpaired) electrons. The zero-order valence-corrected chi connectivity index (χ0v) is 14.8. The van der Waals surface area contributed by atoms with Crippen molar-refractivity contribution in [3.05, 3.63) is 64.4 Å². The number of rotatable bonds is 3. The van der Waals surface area contributed by atoms with Crippen molar-refractivity contribution < 1.29 is 14.0 Å². The van der Waals surface area contributed by atoms with Gasteiger partial charge in [-0.3, -0.25) is 9.59 Å². The second-order valence-electron chi connectivity index (χ2n) is 6.06. The maximum absolute atomic E-state index is 13.5. The normalized spacial score (nSPS) is 17.7. The van der Waals surface area contributed by atoms with E-state index < -0.39 is 29.7 Å². The fourth-order valence-corrected chi connectivity index (χ4v) is 3.15. The fraction of sp³-hybridized carbons (Fsp3) is 0.167. The summed E-state index contributed by atoms with van der Waals surface area (Å²) in [6.45, 7) is 0. The van der Waals surface area contributed by atoms with Gasteiger partial charge in [-0.1, -0.05) is 35.9 Å². The number of halogens is 2. The monoisotopic (exact) mass is 389 g/mol. The lowest BCUT2D eigenvalue weighted by atomic mass is 10.1. The van der Waals surface area contributed by atoms with Gasteiger partial charge in [0.15, 0.2) is 5.96 Å². The smallest absolute Gasteiger partial charge is 0.313 e. The highest BCUT2D eigenvalue weighted by Gasteiger charge is 2.34. The van der Waals surface area contributed by atoms with Crippen molar-refractivity contribution in [1.29, 1.82) is 0 Å². The van der Waals surface area contributed by atoms with Crippen LogP contribution in [0.2, 0.25) is 5.02 Å². The Bertz CT molecular complexity index is 930. The van der Waals surface area contributed by atoms with Gasteiger partial charge in [0, 0.05) is 5.69 Å². The molecule has 0 saturated heterocycles. The Labute approximate surface area is 159 Å². The molecule has 0 spiro atoms. The van der Waals surface area contributed by atoms with E-state index >= 15 is 0 Å². The molecule has 3 rings (SSSR count). The fourth-order valence-electron chi connectivity index (χ4n) is 3.03. The van der Waals surface area contributed by atoms with Crippen LogP contribution in [0.1, 0.15) is 17.2 Å². The number of aliphatic imine (C=N–C) groups is 1. The van der Waals surface area contributed by atoms with E-state index in [1.807, 2.05) is 24.3 Å². The molecule has 9 heteroatoms. The first-order chi connectivity index (χ1) is 12.8. The molecule has 1 aliphatic rings. The number of benzene rings is 2. The molecule has 6 N–H and O–H groups in total. The highest BCUT2D eigenvalue weighted by Crippen LogP contribution is 2.33. The summed E-state index contributed by atoms with van der Waals surface area (Å²) in [6, 6.07) is 10.2. The van der Waals surface area contributed by atoms with Crippen molar-refractivity contribution in [3.8, 4) is 0 Å². The summed E-state index contributed by atoms with van der Waals surface area (Å²) in [7, 11) is 0. The predicted octanol–water partition coefficient (Wildman–Crippen LogP) is 1.47. The lowest BCUT2D eigenvalue weighted by molar-refractivity contribution is -0.136. The van der Waals surface area contributed by atoms with Gasteiger partial charge in [-0.2, -0.15) is 0 Å². The molecule has 0 bridgehead atoms. The van der Waals surface area contributed by atoms with E-state index in [1.54, 1.807) is 0 Å². The van der Waals surface area contributed by atoms with Gasteiger partial charge in [-0.05, 0) is 35.7 Å². The second-order valence-corrected chi connectivity index (χ2v) is 6.47.